The van der Waals surface area contributed by atoms with Gasteiger partial charge in [-0.3, -0.25) is 9.20 Å². The third kappa shape index (κ3) is 5.08. The Balaban J connectivity index is 2.17. The Morgan fingerprint density at radius 1 is 1.35 bits per heavy atom. The normalized spacial score (nSPS) is 13.4. The monoisotopic (exact) mass is 453 g/mol. The summed E-state index contributed by atoms with van der Waals surface area (Å²) in [6.07, 6.45) is 3.70. The fourth-order valence-electron chi connectivity index (χ4n) is 3.11. The lowest BCUT2D eigenvalue weighted by Gasteiger charge is -2.09. The lowest BCUT2D eigenvalue weighted by Crippen LogP contribution is -2.14. The van der Waals surface area contributed by atoms with Crippen LogP contribution in [0.25, 0.3) is 26.9 Å². The van der Waals surface area contributed by atoms with E-state index in [1.165, 1.54) is 11.3 Å². The summed E-state index contributed by atoms with van der Waals surface area (Å²) in [6, 6.07) is 12.1. The topological polar surface area (TPSA) is 92.7 Å². The number of thiophene rings is 1. The number of aromatic nitrogens is 1. The summed E-state index contributed by atoms with van der Waals surface area (Å²) in [6.45, 7) is 7.55. The molecule has 0 spiro atoms. The van der Waals surface area contributed by atoms with Crippen LogP contribution < -0.4 is 11.1 Å². The van der Waals surface area contributed by atoms with Gasteiger partial charge in [-0.15, -0.1) is 11.3 Å². The Kier molecular flexibility index (Phi) is 7.70. The Morgan fingerprint density at radius 3 is 2.74 bits per heavy atom. The van der Waals surface area contributed by atoms with Crippen LogP contribution in [-0.4, -0.2) is 34.7 Å². The molecule has 3 rings (SSSR count). The van der Waals surface area contributed by atoms with Crippen LogP contribution in [0.4, 0.5) is 5.69 Å². The molecule has 31 heavy (non-hydrogen) atoms. The van der Waals surface area contributed by atoms with Crippen molar-refractivity contribution in [2.75, 3.05) is 18.5 Å². The first kappa shape index (κ1) is 22.8. The van der Waals surface area contributed by atoms with Crippen LogP contribution in [0, 0.1) is 0 Å². The third-order valence-corrected chi connectivity index (χ3v) is 7.82. The number of nitrogens with two attached hydrogens (primary N) is 1. The Hall–Kier alpha value is -2.84. The zero-order chi connectivity index (χ0) is 22.4. The van der Waals surface area contributed by atoms with Crippen molar-refractivity contribution in [2.45, 2.75) is 30.9 Å². The highest BCUT2D eigenvalue weighted by Gasteiger charge is 2.20. The number of aliphatic imine (C=N–C) groups is 2. The second-order valence-corrected chi connectivity index (χ2v) is 9.75. The van der Waals surface area contributed by atoms with Crippen LogP contribution >= 0.6 is 11.3 Å². The number of anilines is 1. The molecule has 1 atom stereocenters. The van der Waals surface area contributed by atoms with Gasteiger partial charge in [-0.2, -0.15) is 0 Å². The fraction of sp³-hybridized carbons (Fsp3) is 0.261. The van der Waals surface area contributed by atoms with Crippen molar-refractivity contribution in [2.24, 2.45) is 9.98 Å². The molecule has 0 fully saturated rings. The molecule has 0 saturated heterocycles. The van der Waals surface area contributed by atoms with Gasteiger partial charge in [0.25, 0.3) is 0 Å². The molecule has 0 saturated carbocycles. The minimum absolute atomic E-state index is 0.428. The van der Waals surface area contributed by atoms with Gasteiger partial charge in [0.1, 0.15) is 9.04 Å². The first-order chi connectivity index (χ1) is 15.0. The molecule has 2 aromatic heterocycles. The van der Waals surface area contributed by atoms with Gasteiger partial charge >= 0.3 is 0 Å². The Bertz CT molecular complexity index is 1170. The second-order valence-electron chi connectivity index (χ2n) is 6.98. The van der Waals surface area contributed by atoms with E-state index in [0.29, 0.717) is 21.6 Å². The van der Waals surface area contributed by atoms with Gasteiger partial charge in [0.2, 0.25) is 5.96 Å². The Morgan fingerprint density at radius 2 is 2.10 bits per heavy atom. The number of hydrogen-bond donors (Lipinski definition) is 2. The number of nitrogen functional groups attached to an aromatic ring is 1. The van der Waals surface area contributed by atoms with Gasteiger partial charge in [0.05, 0.1) is 22.2 Å². The van der Waals surface area contributed by atoms with Crippen LogP contribution in [0.3, 0.4) is 0 Å². The number of rotatable bonds is 7. The maximum Gasteiger partial charge on any atom is 0.221 e. The number of pyridine rings is 1. The smallest absolute Gasteiger partial charge is 0.221 e. The van der Waals surface area contributed by atoms with Gasteiger partial charge in [0, 0.05) is 24.4 Å². The number of benzene rings is 1. The molecule has 0 aliphatic carbocycles. The van der Waals surface area contributed by atoms with E-state index in [4.69, 9.17) is 10.7 Å². The zero-order valence-electron chi connectivity index (χ0n) is 18.0. The fourth-order valence-corrected chi connectivity index (χ4v) is 5.91. The second kappa shape index (κ2) is 10.5. The van der Waals surface area contributed by atoms with E-state index in [0.717, 1.165) is 45.5 Å². The van der Waals surface area contributed by atoms with Crippen molar-refractivity contribution in [3.05, 3.63) is 48.3 Å². The summed E-state index contributed by atoms with van der Waals surface area (Å²) in [7, 11) is 0.515. The van der Waals surface area contributed by atoms with E-state index < -0.39 is 10.8 Å². The highest BCUT2D eigenvalue weighted by atomic mass is 32.2. The van der Waals surface area contributed by atoms with E-state index in [1.807, 2.05) is 43.3 Å². The highest BCUT2D eigenvalue weighted by molar-refractivity contribution is 7.87. The molecule has 0 aliphatic rings. The van der Waals surface area contributed by atoms with E-state index in [1.54, 1.807) is 13.2 Å². The van der Waals surface area contributed by atoms with Crippen LogP contribution in [0.1, 0.15) is 32.4 Å². The van der Waals surface area contributed by atoms with Crippen molar-refractivity contribution >= 4 is 56.3 Å². The van der Waals surface area contributed by atoms with Crippen molar-refractivity contribution in [1.82, 2.24) is 10.3 Å². The standard InChI is InChI=1S/C23H27N5OS2/c1-5-6-12-31(29)22-20(24)19-17(16-10-8-7-9-11-16)13-18(28-21(19)30-22)15(2)14-27-23(25-3)26-4/h7-11,13-14H,3,5-6,12,24H2,1-2,4H3,(H,26,27)/b15-14+/t31-/m0/s1. The number of fused-ring (bicyclic) bond motifs is 1. The maximum absolute atomic E-state index is 12.9. The molecular weight excluding hydrogens is 426 g/mol. The van der Waals surface area contributed by atoms with E-state index >= 15 is 0 Å². The summed E-state index contributed by atoms with van der Waals surface area (Å²) in [4.78, 5) is 13.5. The largest absolute Gasteiger partial charge is 0.396 e. The minimum atomic E-state index is -1.13. The van der Waals surface area contributed by atoms with Crippen LogP contribution in [0.15, 0.2) is 56.8 Å². The Labute approximate surface area is 189 Å². The number of nitrogens with one attached hydrogen (secondary N) is 1. The zero-order valence-corrected chi connectivity index (χ0v) is 19.6. The molecule has 3 N–H and O–H groups in total. The molecule has 6 nitrogen and oxygen atoms in total. The average Bonchev–Trinajstić information content (AvgIpc) is 3.14. The summed E-state index contributed by atoms with van der Waals surface area (Å²) in [5, 5.41) is 3.90. The molecule has 8 heteroatoms. The van der Waals surface area contributed by atoms with Gasteiger partial charge < -0.3 is 11.1 Å². The maximum atomic E-state index is 12.9. The van der Waals surface area contributed by atoms with Crippen molar-refractivity contribution in [3.63, 3.8) is 0 Å². The molecule has 162 valence electrons. The number of guanidine groups is 1. The highest BCUT2D eigenvalue weighted by Crippen LogP contribution is 2.42. The number of nitrogens with zero attached hydrogens (tertiary/aromatic N) is 3. The van der Waals surface area contributed by atoms with Gasteiger partial charge in [0.15, 0.2) is 0 Å². The molecule has 0 unspecified atom stereocenters. The summed E-state index contributed by atoms with van der Waals surface area (Å²) in [5.41, 5.74) is 10.8. The predicted molar refractivity (Wildman–Crippen MR) is 135 cm³/mol. The minimum Gasteiger partial charge on any atom is -0.396 e. The lowest BCUT2D eigenvalue weighted by atomic mass is 10.0. The summed E-state index contributed by atoms with van der Waals surface area (Å²) in [5.74, 6) is 1.04. The quantitative estimate of drug-likeness (QED) is 0.385. The molecule has 3 aromatic rings. The van der Waals surface area contributed by atoms with Gasteiger partial charge in [-0.05, 0) is 42.8 Å². The number of allylic oxidation sites excluding steroid dienone is 1. The van der Waals surface area contributed by atoms with Crippen molar-refractivity contribution in [3.8, 4) is 11.1 Å². The van der Waals surface area contributed by atoms with E-state index in [9.17, 15) is 4.21 Å². The molecule has 1 aromatic carbocycles. The molecule has 0 aliphatic heterocycles. The summed E-state index contributed by atoms with van der Waals surface area (Å²) < 4.78 is 13.6. The van der Waals surface area contributed by atoms with Crippen LogP contribution in [0.5, 0.6) is 0 Å². The third-order valence-electron chi connectivity index (χ3n) is 4.82. The average molecular weight is 454 g/mol. The number of hydrogen-bond acceptors (Lipinski definition) is 5. The SMILES string of the molecule is C=NC(=NC)N/C=C(\C)c1cc(-c2ccccc2)c2c(N)c([S@@](=O)CCCC)sc2n1. The van der Waals surface area contributed by atoms with Crippen LogP contribution in [-0.2, 0) is 10.8 Å². The van der Waals surface area contributed by atoms with Crippen molar-refractivity contribution in [1.29, 1.82) is 0 Å². The first-order valence-corrected chi connectivity index (χ1v) is 12.2. The molecule has 0 amide bonds. The van der Waals surface area contributed by atoms with Crippen molar-refractivity contribution < 1.29 is 4.21 Å². The molecule has 2 heterocycles. The summed E-state index contributed by atoms with van der Waals surface area (Å²) >= 11 is 1.42. The van der Waals surface area contributed by atoms with E-state index in [2.05, 4.69) is 28.9 Å². The van der Waals surface area contributed by atoms with Gasteiger partial charge in [-0.1, -0.05) is 43.7 Å². The lowest BCUT2D eigenvalue weighted by molar-refractivity contribution is 0.681. The first-order valence-electron chi connectivity index (χ1n) is 10.0. The number of unbranched alkanes of at least 4 members (excludes halogenated alkanes) is 1. The van der Waals surface area contributed by atoms with Gasteiger partial charge in [-0.25, -0.2) is 9.98 Å². The predicted octanol–water partition coefficient (Wildman–Crippen LogP) is 5.09. The molecule has 0 bridgehead atoms. The van der Waals surface area contributed by atoms with E-state index in [-0.39, 0.29) is 0 Å². The molecular formula is C23H27N5OS2. The van der Waals surface area contributed by atoms with Crippen LogP contribution in [0.2, 0.25) is 0 Å². The molecule has 0 radical (unpaired) electrons.